The monoisotopic (exact) mass is 1820 g/mol. The van der Waals surface area contributed by atoms with Gasteiger partial charge in [0, 0.05) is 70.6 Å². The Morgan fingerprint density at radius 1 is 0.411 bits per heavy atom. The zero-order chi connectivity index (χ0) is 96.3. The van der Waals surface area contributed by atoms with Crippen LogP contribution in [-0.2, 0) is 110 Å². The number of benzene rings is 3. The maximum absolute atomic E-state index is 14.7. The third-order valence-corrected chi connectivity index (χ3v) is 20.5. The van der Waals surface area contributed by atoms with E-state index >= 15 is 0 Å². The SMILES string of the molecule is CC[C@H](C)[C@H](NC(=O)[C@H](CO)NC(=O)[C@H](Cc1ccc(O)cc1)NC(=O)[C@H](CC(=O)O)NC(=O)[C@H](CO)NC(=O)[C@@H](NC(=O)[C@H](Cc1ccccc1)NC(=O)[C@@H](NC(=O)CNC(=O)[C@H](CCC(=O)O)NC(=O)CCNC(=O)CCN1CCCC1=O)[C@@H](C)O)[C@@H](C)O)C(=O)N[C@@H](Cc1ccc(O)cc1)C(=O)N[C@@H](CC(C)C)C(=O)N[C@@H](CC(=O)O)C(=O)N[C@H](C)CCCCN. The molecule has 0 unspecified atom stereocenters. The number of carboxylic acid groups (broad SMARTS) is 3. The number of hydrogen-bond acceptors (Lipinski definition) is 26. The molecule has 0 aromatic heterocycles. The minimum atomic E-state index is -2.22. The molecule has 45 nitrogen and oxygen atoms in total. The van der Waals surface area contributed by atoms with Gasteiger partial charge in [-0.3, -0.25) is 91.1 Å². The van der Waals surface area contributed by atoms with Crippen LogP contribution < -0.4 is 85.5 Å². The predicted molar refractivity (Wildman–Crippen MR) is 456 cm³/mol. The first-order chi connectivity index (χ1) is 60.9. The van der Waals surface area contributed by atoms with Crippen molar-refractivity contribution in [3.63, 3.8) is 0 Å². The molecule has 4 rings (SSSR count). The van der Waals surface area contributed by atoms with E-state index in [-0.39, 0.29) is 74.1 Å². The molecule has 26 N–H and O–H groups in total. The highest BCUT2D eigenvalue weighted by atomic mass is 16.4. The Labute approximate surface area is 743 Å². The molecular formula is C84H123N17O28. The minimum absolute atomic E-state index is 0.0395. The van der Waals surface area contributed by atoms with Crippen molar-refractivity contribution in [2.45, 2.75) is 242 Å². The van der Waals surface area contributed by atoms with E-state index in [1.807, 2.05) is 0 Å². The van der Waals surface area contributed by atoms with Gasteiger partial charge in [0.1, 0.15) is 84.0 Å². The summed E-state index contributed by atoms with van der Waals surface area (Å²) in [5.41, 5.74) is 6.49. The molecule has 1 fully saturated rings. The zero-order valence-electron chi connectivity index (χ0n) is 72.9. The van der Waals surface area contributed by atoms with E-state index in [4.69, 9.17) is 5.73 Å². The molecule has 0 saturated carbocycles. The maximum atomic E-state index is 14.7. The standard InChI is InChI=1S/C84H123N17O28/c1-8-45(4)70(82(127)94-57(38-51-21-25-53(107)26-22-51)76(121)90-55(35-44(2)3)75(120)92-59(39-68(114)115)74(119)88-46(5)15-12-13-31-85)99-81(126)62(43-103)96-77(122)56(37-50-19-23-52(106)24-20-50)91-78(123)60(40-69(116)117)93-80(125)61(42-102)97-84(129)72(48(7)105)100-79(124)58(36-49-16-10-9-11-17-49)95-83(128)71(47(6)104)98-65(110)41-87-73(118)54(27-28-67(112)113)89-64(109)29-32-86-63(108)30-34-101-33-14-18-66(101)111/h9-11,16-17,19-26,44-48,54-62,70-72,102-107H,8,12-15,18,27-43,85H2,1-7H3,(H,86,108)(H,87,118)(H,88,119)(H,89,109)(H,90,121)(H,91,123)(H,92,120)(H,93,125)(H,94,127)(H,95,128)(H,96,122)(H,97,129)(H,98,110)(H,99,126)(H,100,124)(H,112,113)(H,114,115)(H,116,117)/t45-,46+,47+,48+,54-,55-,56-,57-,58-,59-,60-,61-,62-,70-,71-,72-/m0/s1. The molecule has 16 atom stereocenters. The average Bonchev–Trinajstić information content (AvgIpc) is 1.79. The van der Waals surface area contributed by atoms with Gasteiger partial charge in [-0.2, -0.15) is 0 Å². The number of carbonyl (C=O) groups is 19. The molecule has 3 aromatic rings. The molecule has 1 saturated heterocycles. The van der Waals surface area contributed by atoms with E-state index in [0.29, 0.717) is 56.3 Å². The third-order valence-electron chi connectivity index (χ3n) is 20.5. The van der Waals surface area contributed by atoms with Crippen molar-refractivity contribution in [3.05, 3.63) is 95.6 Å². The highest BCUT2D eigenvalue weighted by Gasteiger charge is 2.40. The number of nitrogens with one attached hydrogen (secondary N) is 15. The van der Waals surface area contributed by atoms with Crippen molar-refractivity contribution in [2.75, 3.05) is 45.9 Å². The number of aliphatic hydroxyl groups is 4. The number of amides is 16. The van der Waals surface area contributed by atoms with Gasteiger partial charge in [-0.1, -0.05) is 95.1 Å². The molecule has 0 bridgehead atoms. The van der Waals surface area contributed by atoms with Crippen LogP contribution in [-0.4, -0.2) is 300 Å². The van der Waals surface area contributed by atoms with E-state index in [9.17, 15) is 137 Å². The Hall–Kier alpha value is -13.0. The predicted octanol–water partition coefficient (Wildman–Crippen LogP) is -6.14. The third kappa shape index (κ3) is 39.4. The van der Waals surface area contributed by atoms with Gasteiger partial charge in [-0.05, 0) is 112 Å². The van der Waals surface area contributed by atoms with Crippen molar-refractivity contribution in [3.8, 4) is 11.5 Å². The summed E-state index contributed by atoms with van der Waals surface area (Å²) < 4.78 is 0. The molecule has 0 spiro atoms. The number of unbranched alkanes of at least 4 members (excludes halogenated alkanes) is 1. The summed E-state index contributed by atoms with van der Waals surface area (Å²) >= 11 is 0. The van der Waals surface area contributed by atoms with E-state index in [1.165, 1.54) is 72.5 Å². The number of phenols is 2. The average molecular weight is 1820 g/mol. The number of aliphatic hydroxyl groups excluding tert-OH is 4. The summed E-state index contributed by atoms with van der Waals surface area (Å²) in [6, 6.07) is -4.24. The minimum Gasteiger partial charge on any atom is -0.508 e. The van der Waals surface area contributed by atoms with E-state index < -0.39 is 261 Å². The molecule has 1 aliphatic heterocycles. The van der Waals surface area contributed by atoms with Crippen molar-refractivity contribution in [1.82, 2.24) is 84.7 Å². The summed E-state index contributed by atoms with van der Waals surface area (Å²) in [5, 5.41) is 128. The van der Waals surface area contributed by atoms with Gasteiger partial charge in [-0.15, -0.1) is 0 Å². The van der Waals surface area contributed by atoms with Gasteiger partial charge in [0.2, 0.25) is 94.5 Å². The number of aromatic hydroxyl groups is 2. The Bertz CT molecular complexity index is 4310. The first kappa shape index (κ1) is 108. The molecule has 0 aliphatic carbocycles. The number of phenolic OH excluding ortho intramolecular Hbond substituents is 2. The second-order valence-corrected chi connectivity index (χ2v) is 31.8. The Balaban J connectivity index is 1.53. The molecule has 1 aliphatic rings. The number of carbonyl (C=O) groups excluding carboxylic acids is 16. The highest BCUT2D eigenvalue weighted by molar-refractivity contribution is 6.01. The van der Waals surface area contributed by atoms with Gasteiger partial charge in [0.05, 0.1) is 44.8 Å². The second kappa shape index (κ2) is 55.6. The van der Waals surface area contributed by atoms with Crippen LogP contribution in [0, 0.1) is 11.8 Å². The van der Waals surface area contributed by atoms with Crippen LogP contribution in [0.25, 0.3) is 0 Å². The van der Waals surface area contributed by atoms with Gasteiger partial charge >= 0.3 is 17.9 Å². The van der Waals surface area contributed by atoms with E-state index in [0.717, 1.165) is 13.8 Å². The molecular weight excluding hydrogens is 1700 g/mol. The largest absolute Gasteiger partial charge is 0.508 e. The van der Waals surface area contributed by atoms with Gasteiger partial charge in [-0.25, -0.2) is 0 Å². The number of hydrogen-bond donors (Lipinski definition) is 25. The molecule has 3 aromatic carbocycles. The van der Waals surface area contributed by atoms with Crippen LogP contribution in [0.5, 0.6) is 11.5 Å². The fourth-order valence-electron chi connectivity index (χ4n) is 13.1. The smallest absolute Gasteiger partial charge is 0.305 e. The molecule has 129 heavy (non-hydrogen) atoms. The van der Waals surface area contributed by atoms with Crippen LogP contribution in [0.3, 0.4) is 0 Å². The first-order valence-electron chi connectivity index (χ1n) is 42.2. The lowest BCUT2D eigenvalue weighted by Crippen LogP contribution is -2.63. The Morgan fingerprint density at radius 2 is 0.829 bits per heavy atom. The topological polar surface area (TPSA) is 716 Å². The fraction of sp³-hybridized carbons (Fsp3) is 0.560. The fourth-order valence-corrected chi connectivity index (χ4v) is 13.1. The second-order valence-electron chi connectivity index (χ2n) is 31.8. The van der Waals surface area contributed by atoms with Crippen molar-refractivity contribution >= 4 is 112 Å². The van der Waals surface area contributed by atoms with Crippen LogP contribution in [0.1, 0.15) is 149 Å². The lowest BCUT2D eigenvalue weighted by atomic mass is 9.96. The maximum Gasteiger partial charge on any atom is 0.305 e. The van der Waals surface area contributed by atoms with Crippen LogP contribution in [0.4, 0.5) is 0 Å². The lowest BCUT2D eigenvalue weighted by molar-refractivity contribution is -0.142. The summed E-state index contributed by atoms with van der Waals surface area (Å²) in [7, 11) is 0. The van der Waals surface area contributed by atoms with E-state index in [2.05, 4.69) is 79.8 Å². The van der Waals surface area contributed by atoms with Gasteiger partial charge in [0.15, 0.2) is 0 Å². The number of carboxylic acids is 3. The summed E-state index contributed by atoms with van der Waals surface area (Å²) in [5.74, 6) is -22.9. The zero-order valence-corrected chi connectivity index (χ0v) is 72.9. The number of nitrogens with two attached hydrogens (primary N) is 1. The molecule has 45 heteroatoms. The molecule has 712 valence electrons. The van der Waals surface area contributed by atoms with Crippen molar-refractivity contribution in [1.29, 1.82) is 0 Å². The summed E-state index contributed by atoms with van der Waals surface area (Å²) in [6.07, 6.45) is -5.72. The number of nitrogens with zero attached hydrogens (tertiary/aromatic N) is 1. The quantitative estimate of drug-likeness (QED) is 0.0234. The lowest BCUT2D eigenvalue weighted by Gasteiger charge is -2.30. The molecule has 16 amide bonds. The molecule has 0 radical (unpaired) electrons. The number of aliphatic carboxylic acids is 3. The van der Waals surface area contributed by atoms with Crippen molar-refractivity contribution in [2.24, 2.45) is 17.6 Å². The van der Waals surface area contributed by atoms with Crippen LogP contribution in [0.15, 0.2) is 78.9 Å². The summed E-state index contributed by atoms with van der Waals surface area (Å²) in [6.45, 7) is 7.68. The van der Waals surface area contributed by atoms with Crippen LogP contribution >= 0.6 is 0 Å². The number of likely N-dealkylation sites (tertiary alicyclic amines) is 1. The van der Waals surface area contributed by atoms with Gasteiger partial charge in [0.25, 0.3) is 0 Å². The number of rotatable bonds is 58. The highest BCUT2D eigenvalue weighted by Crippen LogP contribution is 2.19. The van der Waals surface area contributed by atoms with Gasteiger partial charge < -0.3 is 136 Å². The Morgan fingerprint density at radius 3 is 1.29 bits per heavy atom. The van der Waals surface area contributed by atoms with Crippen molar-refractivity contribution < 1.29 is 137 Å². The van der Waals surface area contributed by atoms with E-state index in [1.54, 1.807) is 45.9 Å². The Kier molecular flexibility index (Phi) is 46.7. The van der Waals surface area contributed by atoms with Crippen LogP contribution in [0.2, 0.25) is 0 Å². The summed E-state index contributed by atoms with van der Waals surface area (Å²) in [4.78, 5) is 258. The first-order valence-corrected chi connectivity index (χ1v) is 42.2. The normalized spacial score (nSPS) is 15.5. The molecule has 1 heterocycles.